The number of pyridine rings is 1. The standard InChI is InChI=1S/C15H11ClF5NO/c1-8(13-3-2-10(16)7-22-13)9-4-11(17)6-12(5-9)23-15(20,21)14(18)19/h2-8,14H,1H3/t8-/m0/s1. The quantitative estimate of drug-likeness (QED) is 0.685. The largest absolute Gasteiger partial charge is 0.461 e. The van der Waals surface area contributed by atoms with Crippen molar-refractivity contribution in [1.82, 2.24) is 4.98 Å². The molecule has 0 fully saturated rings. The second-order valence-corrected chi connectivity index (χ2v) is 5.24. The van der Waals surface area contributed by atoms with E-state index in [1.54, 1.807) is 19.1 Å². The van der Waals surface area contributed by atoms with Crippen LogP contribution in [0.2, 0.25) is 5.02 Å². The maximum absolute atomic E-state index is 13.6. The fourth-order valence-electron chi connectivity index (χ4n) is 1.91. The molecule has 0 radical (unpaired) electrons. The van der Waals surface area contributed by atoms with Crippen molar-refractivity contribution in [2.24, 2.45) is 0 Å². The zero-order chi connectivity index (χ0) is 17.2. The summed E-state index contributed by atoms with van der Waals surface area (Å²) < 4.78 is 67.7. The molecule has 1 aromatic heterocycles. The number of rotatable bonds is 5. The molecular formula is C15H11ClF5NO. The lowest BCUT2D eigenvalue weighted by Gasteiger charge is -2.18. The molecule has 23 heavy (non-hydrogen) atoms. The third-order valence-electron chi connectivity index (χ3n) is 3.10. The number of halogens is 6. The Kier molecular flexibility index (Phi) is 5.09. The molecule has 0 amide bonds. The third-order valence-corrected chi connectivity index (χ3v) is 3.32. The van der Waals surface area contributed by atoms with Crippen LogP contribution < -0.4 is 4.74 Å². The number of hydrogen-bond donors (Lipinski definition) is 0. The molecule has 0 saturated heterocycles. The van der Waals surface area contributed by atoms with Gasteiger partial charge in [-0.1, -0.05) is 18.5 Å². The van der Waals surface area contributed by atoms with Crippen LogP contribution in [0.4, 0.5) is 22.0 Å². The summed E-state index contributed by atoms with van der Waals surface area (Å²) in [5.74, 6) is -2.06. The van der Waals surface area contributed by atoms with Crippen molar-refractivity contribution in [3.05, 3.63) is 58.6 Å². The Morgan fingerprint density at radius 1 is 1.17 bits per heavy atom. The van der Waals surface area contributed by atoms with Crippen LogP contribution in [0.5, 0.6) is 5.75 Å². The predicted octanol–water partition coefficient (Wildman–Crippen LogP) is 5.26. The number of alkyl halides is 4. The summed E-state index contributed by atoms with van der Waals surface area (Å²) >= 11 is 5.72. The van der Waals surface area contributed by atoms with Gasteiger partial charge in [0.1, 0.15) is 11.6 Å². The van der Waals surface area contributed by atoms with Gasteiger partial charge in [0, 0.05) is 23.9 Å². The third kappa shape index (κ3) is 4.31. The normalized spacial score (nSPS) is 13.2. The van der Waals surface area contributed by atoms with E-state index in [2.05, 4.69) is 9.72 Å². The number of ether oxygens (including phenoxy) is 1. The van der Waals surface area contributed by atoms with Crippen LogP contribution in [0.15, 0.2) is 36.5 Å². The maximum Gasteiger partial charge on any atom is 0.461 e. The Labute approximate surface area is 133 Å². The van der Waals surface area contributed by atoms with Gasteiger partial charge in [-0.3, -0.25) is 4.98 Å². The lowest BCUT2D eigenvalue weighted by atomic mass is 9.97. The fraction of sp³-hybridized carbons (Fsp3) is 0.267. The van der Waals surface area contributed by atoms with Crippen LogP contribution in [0.1, 0.15) is 24.1 Å². The smallest absolute Gasteiger partial charge is 0.428 e. The molecule has 0 aliphatic rings. The highest BCUT2D eigenvalue weighted by atomic mass is 35.5. The summed E-state index contributed by atoms with van der Waals surface area (Å²) in [7, 11) is 0. The molecule has 0 bridgehead atoms. The number of benzene rings is 1. The van der Waals surface area contributed by atoms with E-state index in [1.807, 2.05) is 0 Å². The van der Waals surface area contributed by atoms with E-state index >= 15 is 0 Å². The summed E-state index contributed by atoms with van der Waals surface area (Å²) in [4.78, 5) is 4.05. The Hall–Kier alpha value is -1.89. The van der Waals surface area contributed by atoms with E-state index < -0.39 is 30.0 Å². The second kappa shape index (κ2) is 6.70. The highest BCUT2D eigenvalue weighted by Gasteiger charge is 2.44. The zero-order valence-electron chi connectivity index (χ0n) is 11.7. The predicted molar refractivity (Wildman–Crippen MR) is 74.7 cm³/mol. The van der Waals surface area contributed by atoms with Crippen molar-refractivity contribution in [3.63, 3.8) is 0 Å². The Bertz CT molecular complexity index is 678. The van der Waals surface area contributed by atoms with Crippen molar-refractivity contribution in [1.29, 1.82) is 0 Å². The molecule has 2 nitrogen and oxygen atoms in total. The molecule has 2 rings (SSSR count). The summed E-state index contributed by atoms with van der Waals surface area (Å²) in [5.41, 5.74) is 0.756. The first-order chi connectivity index (χ1) is 10.7. The van der Waals surface area contributed by atoms with Crippen molar-refractivity contribution < 1.29 is 26.7 Å². The molecule has 1 aromatic carbocycles. The van der Waals surface area contributed by atoms with Gasteiger partial charge in [-0.05, 0) is 29.8 Å². The highest BCUT2D eigenvalue weighted by Crippen LogP contribution is 2.32. The first-order valence-electron chi connectivity index (χ1n) is 6.46. The van der Waals surface area contributed by atoms with Gasteiger partial charge in [-0.25, -0.2) is 4.39 Å². The van der Waals surface area contributed by atoms with Crippen molar-refractivity contribution in [2.75, 3.05) is 0 Å². The van der Waals surface area contributed by atoms with Gasteiger partial charge in [-0.15, -0.1) is 0 Å². The molecule has 0 aliphatic heterocycles. The molecule has 0 spiro atoms. The van der Waals surface area contributed by atoms with Gasteiger partial charge in [0.25, 0.3) is 0 Å². The van der Waals surface area contributed by atoms with Gasteiger partial charge in [-0.2, -0.15) is 17.6 Å². The molecule has 1 heterocycles. The number of nitrogens with zero attached hydrogens (tertiary/aromatic N) is 1. The molecule has 0 saturated carbocycles. The van der Waals surface area contributed by atoms with E-state index in [-0.39, 0.29) is 5.56 Å². The number of hydrogen-bond acceptors (Lipinski definition) is 2. The first kappa shape index (κ1) is 17.5. The zero-order valence-corrected chi connectivity index (χ0v) is 12.5. The van der Waals surface area contributed by atoms with Crippen LogP contribution >= 0.6 is 11.6 Å². The summed E-state index contributed by atoms with van der Waals surface area (Å²) in [6.45, 7) is 1.65. The van der Waals surface area contributed by atoms with Gasteiger partial charge in [0.2, 0.25) is 0 Å². The average Bonchev–Trinajstić information content (AvgIpc) is 2.46. The summed E-state index contributed by atoms with van der Waals surface area (Å²) in [6.07, 6.45) is -7.34. The van der Waals surface area contributed by atoms with Crippen molar-refractivity contribution >= 4 is 11.6 Å². The second-order valence-electron chi connectivity index (χ2n) is 4.81. The topological polar surface area (TPSA) is 22.1 Å². The lowest BCUT2D eigenvalue weighted by Crippen LogP contribution is -2.33. The molecule has 1 atom stereocenters. The Balaban J connectivity index is 2.31. The SMILES string of the molecule is C[C@@H](c1cc(F)cc(OC(F)(F)C(F)F)c1)c1ccc(Cl)cn1. The van der Waals surface area contributed by atoms with Crippen molar-refractivity contribution in [3.8, 4) is 5.75 Å². The minimum Gasteiger partial charge on any atom is -0.428 e. The van der Waals surface area contributed by atoms with Crippen LogP contribution in [0.25, 0.3) is 0 Å². The molecule has 2 aromatic rings. The van der Waals surface area contributed by atoms with Crippen LogP contribution in [-0.2, 0) is 0 Å². The van der Waals surface area contributed by atoms with E-state index in [0.29, 0.717) is 16.8 Å². The van der Waals surface area contributed by atoms with E-state index in [0.717, 1.165) is 12.1 Å². The van der Waals surface area contributed by atoms with Crippen LogP contribution in [0.3, 0.4) is 0 Å². The summed E-state index contributed by atoms with van der Waals surface area (Å²) in [6, 6.07) is 5.94. The van der Waals surface area contributed by atoms with Crippen LogP contribution in [-0.4, -0.2) is 17.5 Å². The lowest BCUT2D eigenvalue weighted by molar-refractivity contribution is -0.253. The molecule has 0 aliphatic carbocycles. The van der Waals surface area contributed by atoms with Crippen molar-refractivity contribution in [2.45, 2.75) is 25.4 Å². The molecule has 124 valence electrons. The fourth-order valence-corrected chi connectivity index (χ4v) is 2.02. The highest BCUT2D eigenvalue weighted by molar-refractivity contribution is 6.30. The average molecular weight is 352 g/mol. The Morgan fingerprint density at radius 3 is 2.43 bits per heavy atom. The van der Waals surface area contributed by atoms with Gasteiger partial charge in [0.15, 0.2) is 0 Å². The maximum atomic E-state index is 13.6. The van der Waals surface area contributed by atoms with Crippen LogP contribution in [0, 0.1) is 5.82 Å². The van der Waals surface area contributed by atoms with Gasteiger partial charge in [0.05, 0.1) is 5.02 Å². The monoisotopic (exact) mass is 351 g/mol. The number of aromatic nitrogens is 1. The Morgan fingerprint density at radius 2 is 1.87 bits per heavy atom. The van der Waals surface area contributed by atoms with E-state index in [4.69, 9.17) is 11.6 Å². The molecular weight excluding hydrogens is 341 g/mol. The van der Waals surface area contributed by atoms with Gasteiger partial charge < -0.3 is 4.74 Å². The minimum atomic E-state index is -4.70. The molecule has 0 unspecified atom stereocenters. The van der Waals surface area contributed by atoms with Gasteiger partial charge >= 0.3 is 12.5 Å². The minimum absolute atomic E-state index is 0.250. The summed E-state index contributed by atoms with van der Waals surface area (Å²) in [5, 5.41) is 0.404. The molecule has 8 heteroatoms. The first-order valence-corrected chi connectivity index (χ1v) is 6.84. The van der Waals surface area contributed by atoms with E-state index in [9.17, 15) is 22.0 Å². The molecule has 0 N–H and O–H groups in total. The van der Waals surface area contributed by atoms with E-state index in [1.165, 1.54) is 6.20 Å².